The van der Waals surface area contributed by atoms with Crippen molar-refractivity contribution >= 4 is 46.4 Å². The molecule has 0 radical (unpaired) electrons. The average molecular weight is 496 g/mol. The van der Waals surface area contributed by atoms with Gasteiger partial charge in [0.1, 0.15) is 18.5 Å². The quantitative estimate of drug-likeness (QED) is 0.342. The lowest BCUT2D eigenvalue weighted by atomic mass is 10.1. The number of hydrogen-bond acceptors (Lipinski definition) is 11. The van der Waals surface area contributed by atoms with Gasteiger partial charge in [-0.15, -0.1) is 0 Å². The zero-order chi connectivity index (χ0) is 24.4. The van der Waals surface area contributed by atoms with Crippen molar-refractivity contribution in [3.8, 4) is 0 Å². The lowest BCUT2D eigenvalue weighted by molar-refractivity contribution is -0.166. The summed E-state index contributed by atoms with van der Waals surface area (Å²) in [6.07, 6.45) is 1.84. The van der Waals surface area contributed by atoms with E-state index in [4.69, 9.17) is 30.5 Å². The van der Waals surface area contributed by atoms with Crippen LogP contribution in [0.25, 0.3) is 11.0 Å². The van der Waals surface area contributed by atoms with Gasteiger partial charge in [-0.1, -0.05) is 12.8 Å². The van der Waals surface area contributed by atoms with Gasteiger partial charge in [0.25, 0.3) is 0 Å². The minimum absolute atomic E-state index is 0.00443. The highest BCUT2D eigenvalue weighted by Gasteiger charge is 2.51. The number of hydrogen-bond donors (Lipinski definition) is 1. The molecule has 0 unspecified atom stereocenters. The molecule has 1 N–H and O–H groups in total. The number of ether oxygens (including phenoxy) is 4. The van der Waals surface area contributed by atoms with E-state index in [-0.39, 0.29) is 17.9 Å². The maximum atomic E-state index is 11.9. The van der Waals surface area contributed by atoms with Crippen molar-refractivity contribution in [1.82, 2.24) is 19.7 Å². The summed E-state index contributed by atoms with van der Waals surface area (Å²) in [5.41, 5.74) is 0.345. The molecule has 184 valence electrons. The Morgan fingerprint density at radius 1 is 1.09 bits per heavy atom. The van der Waals surface area contributed by atoms with Crippen LogP contribution in [0.2, 0.25) is 5.28 Å². The Morgan fingerprint density at radius 2 is 1.76 bits per heavy atom. The Labute approximate surface area is 200 Å². The third-order valence-electron chi connectivity index (χ3n) is 5.70. The normalized spacial score (nSPS) is 24.8. The van der Waals surface area contributed by atoms with Crippen molar-refractivity contribution in [1.29, 1.82) is 0 Å². The maximum absolute atomic E-state index is 11.9. The van der Waals surface area contributed by atoms with Crippen LogP contribution in [0.4, 0.5) is 5.82 Å². The first-order valence-electron chi connectivity index (χ1n) is 11.0. The van der Waals surface area contributed by atoms with E-state index in [2.05, 4.69) is 20.4 Å². The first-order chi connectivity index (χ1) is 16.2. The van der Waals surface area contributed by atoms with E-state index in [9.17, 15) is 14.4 Å². The van der Waals surface area contributed by atoms with E-state index in [1.165, 1.54) is 25.5 Å². The molecule has 0 spiro atoms. The van der Waals surface area contributed by atoms with E-state index >= 15 is 0 Å². The monoisotopic (exact) mass is 495 g/mol. The molecule has 13 heteroatoms. The zero-order valence-corrected chi connectivity index (χ0v) is 19.8. The fourth-order valence-corrected chi connectivity index (χ4v) is 4.51. The van der Waals surface area contributed by atoms with Crippen LogP contribution in [0.3, 0.4) is 0 Å². The van der Waals surface area contributed by atoms with Crippen molar-refractivity contribution in [3.63, 3.8) is 0 Å². The van der Waals surface area contributed by atoms with Gasteiger partial charge in [-0.05, 0) is 24.4 Å². The highest BCUT2D eigenvalue weighted by Crippen LogP contribution is 2.37. The van der Waals surface area contributed by atoms with Gasteiger partial charge >= 0.3 is 17.9 Å². The zero-order valence-electron chi connectivity index (χ0n) is 19.0. The van der Waals surface area contributed by atoms with Crippen LogP contribution < -0.4 is 5.32 Å². The molecular formula is C21H26ClN5O7. The number of aromatic nitrogens is 4. The second kappa shape index (κ2) is 10.1. The number of carbonyl (C=O) groups excluding carboxylic acids is 3. The molecule has 0 bridgehead atoms. The summed E-state index contributed by atoms with van der Waals surface area (Å²) in [6, 6.07) is 0.274. The Balaban J connectivity index is 1.71. The molecular weight excluding hydrogens is 470 g/mol. The Morgan fingerprint density at radius 3 is 2.41 bits per heavy atom. The summed E-state index contributed by atoms with van der Waals surface area (Å²) in [5.74, 6) is -1.22. The molecule has 1 aliphatic heterocycles. The number of carbonyl (C=O) groups is 3. The van der Waals surface area contributed by atoms with Gasteiger partial charge in [-0.25, -0.2) is 4.68 Å². The smallest absolute Gasteiger partial charge is 0.303 e. The lowest BCUT2D eigenvalue weighted by Gasteiger charge is -2.23. The molecule has 3 heterocycles. The summed E-state index contributed by atoms with van der Waals surface area (Å²) >= 11 is 6.22. The molecule has 4 rings (SSSR count). The van der Waals surface area contributed by atoms with Crippen molar-refractivity contribution in [2.45, 2.75) is 77.0 Å². The Kier molecular flexibility index (Phi) is 7.17. The topological polar surface area (TPSA) is 144 Å². The van der Waals surface area contributed by atoms with E-state index in [0.717, 1.165) is 25.7 Å². The summed E-state index contributed by atoms with van der Waals surface area (Å²) in [5, 5.41) is 8.42. The van der Waals surface area contributed by atoms with Gasteiger partial charge in [-0.3, -0.25) is 14.4 Å². The number of nitrogens with one attached hydrogen (secondary N) is 1. The van der Waals surface area contributed by atoms with E-state index in [1.807, 2.05) is 0 Å². The number of halogens is 1. The lowest BCUT2D eigenvalue weighted by Crippen LogP contribution is -2.40. The maximum Gasteiger partial charge on any atom is 0.303 e. The molecule has 2 aliphatic rings. The number of fused-ring (bicyclic) bond motifs is 1. The second-order valence-electron chi connectivity index (χ2n) is 8.31. The largest absolute Gasteiger partial charge is 0.463 e. The number of esters is 3. The molecule has 2 aromatic rings. The number of rotatable bonds is 7. The summed E-state index contributed by atoms with van der Waals surface area (Å²) in [6.45, 7) is 3.48. The predicted octanol–water partition coefficient (Wildman–Crippen LogP) is 2.16. The van der Waals surface area contributed by atoms with Crippen LogP contribution in [-0.2, 0) is 33.3 Å². The van der Waals surface area contributed by atoms with E-state index in [0.29, 0.717) is 16.9 Å². The van der Waals surface area contributed by atoms with E-state index < -0.39 is 42.4 Å². The molecule has 1 saturated carbocycles. The van der Waals surface area contributed by atoms with Crippen LogP contribution in [0.1, 0.15) is 52.7 Å². The molecule has 0 aromatic carbocycles. The standard InChI is InChI=1S/C21H26ClN5O7/c1-10(28)31-9-15-16(32-11(2)29)17(33-12(3)30)20(34-15)27-19-14(8-23-27)18(25-21(22)26-19)24-13-6-4-5-7-13/h8,13,15-17,20H,4-7,9H2,1-3H3,(H,24,25,26)/t15-,16-,17-,20-/m1/s1. The molecule has 1 aliphatic carbocycles. The Bertz CT molecular complexity index is 1090. The van der Waals surface area contributed by atoms with Gasteiger partial charge in [0.2, 0.25) is 5.28 Å². The third-order valence-corrected chi connectivity index (χ3v) is 5.87. The molecule has 0 amide bonds. The van der Waals surface area contributed by atoms with Gasteiger partial charge in [0.05, 0.1) is 11.6 Å². The van der Waals surface area contributed by atoms with E-state index in [1.54, 1.807) is 6.20 Å². The fourth-order valence-electron chi connectivity index (χ4n) is 4.35. The average Bonchev–Trinajstić information content (AvgIpc) is 3.46. The number of nitrogens with zero attached hydrogens (tertiary/aromatic N) is 4. The van der Waals surface area contributed by atoms with Gasteiger partial charge < -0.3 is 24.3 Å². The molecule has 2 aromatic heterocycles. The van der Waals surface area contributed by atoms with Crippen molar-refractivity contribution in [2.75, 3.05) is 11.9 Å². The first-order valence-corrected chi connectivity index (χ1v) is 11.4. The second-order valence-corrected chi connectivity index (χ2v) is 8.65. The minimum atomic E-state index is -1.08. The van der Waals surface area contributed by atoms with Gasteiger partial charge in [-0.2, -0.15) is 15.1 Å². The van der Waals surface area contributed by atoms with Crippen molar-refractivity contribution in [3.05, 3.63) is 11.5 Å². The van der Waals surface area contributed by atoms with Crippen LogP contribution in [0.15, 0.2) is 6.20 Å². The van der Waals surface area contributed by atoms with Gasteiger partial charge in [0, 0.05) is 26.8 Å². The molecule has 4 atom stereocenters. The van der Waals surface area contributed by atoms with Gasteiger partial charge in [0.15, 0.2) is 24.1 Å². The molecule has 1 saturated heterocycles. The molecule has 34 heavy (non-hydrogen) atoms. The first kappa shape index (κ1) is 24.1. The minimum Gasteiger partial charge on any atom is -0.463 e. The van der Waals surface area contributed by atoms with Crippen molar-refractivity contribution in [2.24, 2.45) is 0 Å². The van der Waals surface area contributed by atoms with Crippen LogP contribution in [0, 0.1) is 0 Å². The van der Waals surface area contributed by atoms with Crippen LogP contribution in [0.5, 0.6) is 0 Å². The van der Waals surface area contributed by atoms with Crippen LogP contribution >= 0.6 is 11.6 Å². The number of anilines is 1. The highest BCUT2D eigenvalue weighted by atomic mass is 35.5. The molecule has 2 fully saturated rings. The summed E-state index contributed by atoms with van der Waals surface area (Å²) in [4.78, 5) is 43.7. The SMILES string of the molecule is CC(=O)OC[C@H]1O[C@@H](n2ncc3c(NC4CCCC4)nc(Cl)nc32)[C@H](OC(C)=O)[C@@H]1OC(C)=O. The summed E-state index contributed by atoms with van der Waals surface area (Å²) < 4.78 is 23.4. The third kappa shape index (κ3) is 5.22. The highest BCUT2D eigenvalue weighted by molar-refractivity contribution is 6.28. The molecule has 12 nitrogen and oxygen atoms in total. The fraction of sp³-hybridized carbons (Fsp3) is 0.619. The Hall–Kier alpha value is -2.99. The van der Waals surface area contributed by atoms with Crippen molar-refractivity contribution < 1.29 is 33.3 Å². The predicted molar refractivity (Wildman–Crippen MR) is 118 cm³/mol. The van der Waals surface area contributed by atoms with Crippen LogP contribution in [-0.4, -0.2) is 68.6 Å². The summed E-state index contributed by atoms with van der Waals surface area (Å²) in [7, 11) is 0.